The highest BCUT2D eigenvalue weighted by Gasteiger charge is 1.99. The summed E-state index contributed by atoms with van der Waals surface area (Å²) in [4.78, 5) is 0. The van der Waals surface area contributed by atoms with Gasteiger partial charge in [-0.05, 0) is 11.6 Å². The van der Waals surface area contributed by atoms with E-state index < -0.39 is 7.32 Å². The van der Waals surface area contributed by atoms with Gasteiger partial charge in [0.25, 0.3) is 0 Å². The van der Waals surface area contributed by atoms with E-state index in [1.807, 2.05) is 42.5 Å². The van der Waals surface area contributed by atoms with Gasteiger partial charge >= 0.3 is 7.32 Å². The van der Waals surface area contributed by atoms with Gasteiger partial charge in [0.15, 0.2) is 0 Å². The van der Waals surface area contributed by atoms with Gasteiger partial charge < -0.3 is 15.1 Å². The molecule has 17 heavy (non-hydrogen) atoms. The molecule has 0 fully saturated rings. The molecule has 2 rings (SSSR count). The molecule has 88 valence electrons. The topological polar surface area (TPSA) is 60.7 Å². The van der Waals surface area contributed by atoms with E-state index in [9.17, 15) is 0 Å². The summed E-state index contributed by atoms with van der Waals surface area (Å²) >= 11 is 6.06. The molecular formula is C12H12BClO3. The van der Waals surface area contributed by atoms with Gasteiger partial charge in [-0.3, -0.25) is 0 Å². The molecule has 2 aromatic rings. The first-order valence-corrected chi connectivity index (χ1v) is 5.33. The molecule has 5 heteroatoms. The second-order valence-corrected chi connectivity index (χ2v) is 3.60. The lowest BCUT2D eigenvalue weighted by Crippen LogP contribution is -2.07. The van der Waals surface area contributed by atoms with Gasteiger partial charge in [0, 0.05) is 10.6 Å². The highest BCUT2D eigenvalue weighted by molar-refractivity contribution is 6.33. The molecule has 2 aromatic carbocycles. The lowest BCUT2D eigenvalue weighted by atomic mass is 10.1. The first-order chi connectivity index (χ1) is 8.11. The summed E-state index contributed by atoms with van der Waals surface area (Å²) in [6.45, 7) is 0. The van der Waals surface area contributed by atoms with Crippen LogP contribution in [-0.4, -0.2) is 22.4 Å². The molecule has 0 saturated carbocycles. The van der Waals surface area contributed by atoms with Gasteiger partial charge in [0.1, 0.15) is 0 Å². The van der Waals surface area contributed by atoms with E-state index in [0.29, 0.717) is 0 Å². The highest BCUT2D eigenvalue weighted by atomic mass is 35.5. The summed E-state index contributed by atoms with van der Waals surface area (Å²) in [5, 5.41) is 22.3. The molecule has 0 atom stereocenters. The summed E-state index contributed by atoms with van der Waals surface area (Å²) in [6.07, 6.45) is 0. The van der Waals surface area contributed by atoms with Gasteiger partial charge in [-0.2, -0.15) is 0 Å². The normalized spacial score (nSPS) is 9.18. The lowest BCUT2D eigenvalue weighted by molar-refractivity contribution is 0.278. The predicted molar refractivity (Wildman–Crippen MR) is 69.3 cm³/mol. The van der Waals surface area contributed by atoms with Crippen molar-refractivity contribution in [3.8, 4) is 11.1 Å². The molecule has 0 bridgehead atoms. The largest absolute Gasteiger partial charge is 0.631 e. The van der Waals surface area contributed by atoms with E-state index in [-0.39, 0.29) is 0 Å². The molecule has 0 aliphatic carbocycles. The minimum Gasteiger partial charge on any atom is -0.402 e. The van der Waals surface area contributed by atoms with Crippen LogP contribution in [0.3, 0.4) is 0 Å². The maximum atomic E-state index is 7.17. The van der Waals surface area contributed by atoms with Crippen molar-refractivity contribution >= 4 is 18.9 Å². The van der Waals surface area contributed by atoms with Crippen LogP contribution in [0.15, 0.2) is 54.6 Å². The Kier molecular flexibility index (Phi) is 5.73. The van der Waals surface area contributed by atoms with Crippen molar-refractivity contribution in [3.05, 3.63) is 59.6 Å². The van der Waals surface area contributed by atoms with Gasteiger partial charge in [0.2, 0.25) is 0 Å². The third-order valence-electron chi connectivity index (χ3n) is 1.96. The van der Waals surface area contributed by atoms with Crippen LogP contribution in [0.25, 0.3) is 11.1 Å². The van der Waals surface area contributed by atoms with Crippen LogP contribution in [0.1, 0.15) is 0 Å². The van der Waals surface area contributed by atoms with E-state index in [1.165, 1.54) is 0 Å². The van der Waals surface area contributed by atoms with Crippen LogP contribution in [0, 0.1) is 0 Å². The molecule has 0 radical (unpaired) electrons. The van der Waals surface area contributed by atoms with Crippen molar-refractivity contribution in [1.82, 2.24) is 0 Å². The second-order valence-electron chi connectivity index (χ2n) is 3.19. The predicted octanol–water partition coefficient (Wildman–Crippen LogP) is 1.96. The average molecular weight is 250 g/mol. The maximum Gasteiger partial charge on any atom is 0.631 e. The summed E-state index contributed by atoms with van der Waals surface area (Å²) in [6, 6.07) is 18.0. The Morgan fingerprint density at radius 2 is 1.24 bits per heavy atom. The Balaban J connectivity index is 0.000000317. The van der Waals surface area contributed by atoms with E-state index in [4.69, 9.17) is 26.7 Å². The number of rotatable bonds is 1. The van der Waals surface area contributed by atoms with Crippen LogP contribution in [0.2, 0.25) is 5.02 Å². The SMILES string of the molecule is Clc1ccccc1-c1ccccc1.OB(O)O. The third kappa shape index (κ3) is 5.02. The van der Waals surface area contributed by atoms with Gasteiger partial charge in [-0.25, -0.2) is 0 Å². The third-order valence-corrected chi connectivity index (χ3v) is 2.29. The Morgan fingerprint density at radius 1 is 0.765 bits per heavy atom. The van der Waals surface area contributed by atoms with Crippen molar-refractivity contribution in [2.24, 2.45) is 0 Å². The Bertz CT molecular complexity index is 446. The molecule has 3 nitrogen and oxygen atoms in total. The molecule has 0 aromatic heterocycles. The zero-order valence-electron chi connectivity index (χ0n) is 8.99. The van der Waals surface area contributed by atoms with Crippen molar-refractivity contribution in [2.75, 3.05) is 0 Å². The number of hydrogen-bond acceptors (Lipinski definition) is 3. The van der Waals surface area contributed by atoms with E-state index in [2.05, 4.69) is 12.1 Å². The summed E-state index contributed by atoms with van der Waals surface area (Å²) in [5.41, 5.74) is 2.25. The maximum absolute atomic E-state index is 7.17. The molecule has 0 aliphatic heterocycles. The van der Waals surface area contributed by atoms with Gasteiger partial charge in [-0.15, -0.1) is 0 Å². The van der Waals surface area contributed by atoms with Crippen molar-refractivity contribution < 1.29 is 15.1 Å². The quantitative estimate of drug-likeness (QED) is 0.678. The van der Waals surface area contributed by atoms with Crippen LogP contribution in [-0.2, 0) is 0 Å². The fourth-order valence-corrected chi connectivity index (χ4v) is 1.56. The number of benzene rings is 2. The van der Waals surface area contributed by atoms with E-state index in [1.54, 1.807) is 0 Å². The van der Waals surface area contributed by atoms with Crippen LogP contribution < -0.4 is 0 Å². The average Bonchev–Trinajstić information content (AvgIpc) is 2.30. The monoisotopic (exact) mass is 250 g/mol. The standard InChI is InChI=1S/C12H9Cl.BH3O3/c13-12-9-5-4-8-11(12)10-6-2-1-3-7-10;2-1(3)4/h1-9H;2-4H. The summed E-state index contributed by atoms with van der Waals surface area (Å²) < 4.78 is 0. The molecule has 0 spiro atoms. The molecule has 0 saturated heterocycles. The van der Waals surface area contributed by atoms with Crippen molar-refractivity contribution in [2.45, 2.75) is 0 Å². The smallest absolute Gasteiger partial charge is 0.402 e. The van der Waals surface area contributed by atoms with Crippen molar-refractivity contribution in [1.29, 1.82) is 0 Å². The van der Waals surface area contributed by atoms with Crippen molar-refractivity contribution in [3.63, 3.8) is 0 Å². The highest BCUT2D eigenvalue weighted by Crippen LogP contribution is 2.26. The summed E-state index contributed by atoms with van der Waals surface area (Å²) in [5.74, 6) is 0. The minimum absolute atomic E-state index is 0.800. The fourth-order valence-electron chi connectivity index (χ4n) is 1.31. The first kappa shape index (κ1) is 13.7. The zero-order valence-corrected chi connectivity index (χ0v) is 9.75. The molecule has 0 aliphatic rings. The summed E-state index contributed by atoms with van der Waals surface area (Å²) in [7, 11) is -2.17. The van der Waals surface area contributed by atoms with E-state index in [0.717, 1.165) is 16.1 Å². The van der Waals surface area contributed by atoms with E-state index >= 15 is 0 Å². The minimum atomic E-state index is -2.17. The molecule has 0 unspecified atom stereocenters. The molecule has 0 heterocycles. The lowest BCUT2D eigenvalue weighted by Gasteiger charge is -2.02. The number of halogens is 1. The number of hydrogen-bond donors (Lipinski definition) is 3. The first-order valence-electron chi connectivity index (χ1n) is 4.95. The second kappa shape index (κ2) is 7.09. The van der Waals surface area contributed by atoms with Gasteiger partial charge in [0.05, 0.1) is 0 Å². The Morgan fingerprint density at radius 3 is 1.76 bits per heavy atom. The van der Waals surface area contributed by atoms with Crippen LogP contribution in [0.4, 0.5) is 0 Å². The molecular weight excluding hydrogens is 238 g/mol. The van der Waals surface area contributed by atoms with Crippen LogP contribution in [0.5, 0.6) is 0 Å². The molecule has 3 N–H and O–H groups in total. The fraction of sp³-hybridized carbons (Fsp3) is 0. The van der Waals surface area contributed by atoms with Crippen LogP contribution >= 0.6 is 11.6 Å². The zero-order chi connectivity index (χ0) is 12.7. The Hall–Kier alpha value is -1.33. The molecule has 0 amide bonds. The van der Waals surface area contributed by atoms with Gasteiger partial charge in [-0.1, -0.05) is 60.1 Å². The Labute approximate surface area is 105 Å².